The number of piperidine rings is 1. The summed E-state index contributed by atoms with van der Waals surface area (Å²) in [6.45, 7) is 1.51. The van der Waals surface area contributed by atoms with Crippen LogP contribution in [0, 0.1) is 0 Å². The molecule has 2 aromatic rings. The van der Waals surface area contributed by atoms with E-state index < -0.39 is 0 Å². The van der Waals surface area contributed by atoms with Crippen LogP contribution in [0.15, 0.2) is 35.1 Å². The lowest BCUT2D eigenvalue weighted by Crippen LogP contribution is -2.33. The molecule has 5 nitrogen and oxygen atoms in total. The lowest BCUT2D eigenvalue weighted by atomic mass is 9.98. The molecule has 1 saturated heterocycles. The number of likely N-dealkylation sites (tertiary alicyclic amines) is 1. The van der Waals surface area contributed by atoms with Crippen molar-refractivity contribution in [1.82, 2.24) is 14.9 Å². The first-order valence-corrected chi connectivity index (χ1v) is 6.43. The van der Waals surface area contributed by atoms with Gasteiger partial charge in [-0.05, 0) is 25.0 Å². The van der Waals surface area contributed by atoms with E-state index in [1.165, 1.54) is 0 Å². The number of nitrogens with zero attached hydrogens (tertiary/aromatic N) is 3. The quantitative estimate of drug-likeness (QED) is 0.790. The fourth-order valence-corrected chi connectivity index (χ4v) is 2.41. The predicted molar refractivity (Wildman–Crippen MR) is 69.3 cm³/mol. The van der Waals surface area contributed by atoms with E-state index in [0.29, 0.717) is 12.4 Å². The van der Waals surface area contributed by atoms with Crippen LogP contribution >= 0.6 is 0 Å². The summed E-state index contributed by atoms with van der Waals surface area (Å²) < 4.78 is 5.56. The molecule has 3 heterocycles. The van der Waals surface area contributed by atoms with Crippen molar-refractivity contribution in [3.8, 4) is 11.4 Å². The molecule has 0 spiro atoms. The van der Waals surface area contributed by atoms with Crippen LogP contribution in [0.4, 0.5) is 0 Å². The molecule has 1 amide bonds. The Bertz CT molecular complexity index is 553. The van der Waals surface area contributed by atoms with Crippen LogP contribution in [0.1, 0.15) is 24.7 Å². The fraction of sp³-hybridized carbons (Fsp3) is 0.357. The normalized spacial score (nSPS) is 19.4. The molecule has 1 aliphatic heterocycles. The molecule has 2 aromatic heterocycles. The fourth-order valence-electron chi connectivity index (χ4n) is 2.41. The van der Waals surface area contributed by atoms with Crippen molar-refractivity contribution in [3.63, 3.8) is 0 Å². The minimum atomic E-state index is 0.191. The second kappa shape index (κ2) is 5.22. The highest BCUT2D eigenvalue weighted by molar-refractivity contribution is 5.52. The number of amides is 1. The highest BCUT2D eigenvalue weighted by atomic mass is 16.3. The Balaban J connectivity index is 1.79. The van der Waals surface area contributed by atoms with Gasteiger partial charge in [0, 0.05) is 19.3 Å². The van der Waals surface area contributed by atoms with Gasteiger partial charge in [0.15, 0.2) is 5.89 Å². The van der Waals surface area contributed by atoms with Gasteiger partial charge in [0.25, 0.3) is 0 Å². The third-order valence-electron chi connectivity index (χ3n) is 3.40. The summed E-state index contributed by atoms with van der Waals surface area (Å²) in [6, 6.07) is 5.69. The van der Waals surface area contributed by atoms with Gasteiger partial charge >= 0.3 is 0 Å². The van der Waals surface area contributed by atoms with Crippen LogP contribution in [0.2, 0.25) is 0 Å². The van der Waals surface area contributed by atoms with Gasteiger partial charge in [-0.25, -0.2) is 4.98 Å². The number of rotatable bonds is 3. The van der Waals surface area contributed by atoms with E-state index >= 15 is 0 Å². The summed E-state index contributed by atoms with van der Waals surface area (Å²) in [5.41, 5.74) is 1.55. The van der Waals surface area contributed by atoms with E-state index in [-0.39, 0.29) is 5.92 Å². The SMILES string of the molecule is O=CN1CCCC(c2nc(-c3ccccn3)co2)C1. The Hall–Kier alpha value is -2.17. The molecule has 0 bridgehead atoms. The average Bonchev–Trinajstić information content (AvgIpc) is 2.98. The second-order valence-electron chi connectivity index (χ2n) is 4.73. The maximum absolute atomic E-state index is 10.8. The molecule has 0 radical (unpaired) electrons. The van der Waals surface area contributed by atoms with E-state index in [1.54, 1.807) is 17.4 Å². The van der Waals surface area contributed by atoms with Gasteiger partial charge in [-0.15, -0.1) is 0 Å². The van der Waals surface area contributed by atoms with Crippen LogP contribution in [0.5, 0.6) is 0 Å². The topological polar surface area (TPSA) is 59.2 Å². The van der Waals surface area contributed by atoms with Crippen molar-refractivity contribution in [1.29, 1.82) is 0 Å². The number of aromatic nitrogens is 2. The molecule has 98 valence electrons. The van der Waals surface area contributed by atoms with Gasteiger partial charge in [-0.2, -0.15) is 0 Å². The van der Waals surface area contributed by atoms with E-state index in [1.807, 2.05) is 18.2 Å². The van der Waals surface area contributed by atoms with E-state index in [9.17, 15) is 4.79 Å². The first kappa shape index (κ1) is 11.9. The molecule has 5 heteroatoms. The minimum Gasteiger partial charge on any atom is -0.448 e. The van der Waals surface area contributed by atoms with Gasteiger partial charge in [0.2, 0.25) is 6.41 Å². The monoisotopic (exact) mass is 257 g/mol. The summed E-state index contributed by atoms with van der Waals surface area (Å²) in [7, 11) is 0. The van der Waals surface area contributed by atoms with Crippen LogP contribution in [0.3, 0.4) is 0 Å². The smallest absolute Gasteiger partial charge is 0.209 e. The Morgan fingerprint density at radius 2 is 2.32 bits per heavy atom. The summed E-state index contributed by atoms with van der Waals surface area (Å²) >= 11 is 0. The molecule has 1 unspecified atom stereocenters. The minimum absolute atomic E-state index is 0.191. The zero-order valence-corrected chi connectivity index (χ0v) is 10.5. The van der Waals surface area contributed by atoms with Crippen LogP contribution < -0.4 is 0 Å². The van der Waals surface area contributed by atoms with Crippen LogP contribution in [-0.2, 0) is 4.79 Å². The third kappa shape index (κ3) is 2.50. The first-order valence-electron chi connectivity index (χ1n) is 6.43. The zero-order chi connectivity index (χ0) is 13.1. The van der Waals surface area contributed by atoms with Crippen LogP contribution in [0.25, 0.3) is 11.4 Å². The molecule has 0 N–H and O–H groups in total. The number of pyridine rings is 1. The highest BCUT2D eigenvalue weighted by Crippen LogP contribution is 2.27. The maximum Gasteiger partial charge on any atom is 0.209 e. The standard InChI is InChI=1S/C14H15N3O2/c18-10-17-7-3-4-11(8-17)14-16-13(9-19-14)12-5-1-2-6-15-12/h1-2,5-6,9-11H,3-4,7-8H2. The predicted octanol–water partition coefficient (Wildman–Crippen LogP) is 2.07. The summed E-state index contributed by atoms with van der Waals surface area (Å²) in [4.78, 5) is 21.4. The van der Waals surface area contributed by atoms with Crippen LogP contribution in [-0.4, -0.2) is 34.4 Å². The second-order valence-corrected chi connectivity index (χ2v) is 4.73. The van der Waals surface area contributed by atoms with Gasteiger partial charge < -0.3 is 9.32 Å². The maximum atomic E-state index is 10.8. The lowest BCUT2D eigenvalue weighted by Gasteiger charge is -2.27. The largest absolute Gasteiger partial charge is 0.448 e. The Kier molecular flexibility index (Phi) is 3.27. The first-order chi connectivity index (χ1) is 9.36. The number of hydrogen-bond donors (Lipinski definition) is 0. The van der Waals surface area contributed by atoms with Gasteiger partial charge in [-0.1, -0.05) is 6.07 Å². The summed E-state index contributed by atoms with van der Waals surface area (Å²) in [5.74, 6) is 0.892. The van der Waals surface area contributed by atoms with Crippen molar-refractivity contribution >= 4 is 6.41 Å². The number of hydrogen-bond acceptors (Lipinski definition) is 4. The van der Waals surface area contributed by atoms with Crippen molar-refractivity contribution in [3.05, 3.63) is 36.5 Å². The van der Waals surface area contributed by atoms with E-state index in [0.717, 1.165) is 37.2 Å². The van der Waals surface area contributed by atoms with Crippen molar-refractivity contribution < 1.29 is 9.21 Å². The lowest BCUT2D eigenvalue weighted by molar-refractivity contribution is -0.119. The van der Waals surface area contributed by atoms with Crippen molar-refractivity contribution in [2.45, 2.75) is 18.8 Å². The Morgan fingerprint density at radius 3 is 3.11 bits per heavy atom. The molecule has 19 heavy (non-hydrogen) atoms. The molecule has 1 aliphatic rings. The van der Waals surface area contributed by atoms with Gasteiger partial charge in [0.1, 0.15) is 12.0 Å². The zero-order valence-electron chi connectivity index (χ0n) is 10.5. The summed E-state index contributed by atoms with van der Waals surface area (Å²) in [5, 5.41) is 0. The highest BCUT2D eigenvalue weighted by Gasteiger charge is 2.24. The number of oxazole rings is 1. The molecule has 0 aliphatic carbocycles. The van der Waals surface area contributed by atoms with Gasteiger partial charge in [0.05, 0.1) is 11.6 Å². The van der Waals surface area contributed by atoms with E-state index in [2.05, 4.69) is 9.97 Å². The molecule has 1 atom stereocenters. The number of carbonyl (C=O) groups is 1. The van der Waals surface area contributed by atoms with E-state index in [4.69, 9.17) is 4.42 Å². The molecule has 0 aromatic carbocycles. The Morgan fingerprint density at radius 1 is 1.37 bits per heavy atom. The third-order valence-corrected chi connectivity index (χ3v) is 3.40. The molecular weight excluding hydrogens is 242 g/mol. The Labute approximate surface area is 111 Å². The summed E-state index contributed by atoms with van der Waals surface area (Å²) in [6.07, 6.45) is 6.27. The molecule has 1 fully saturated rings. The molecule has 0 saturated carbocycles. The molecular formula is C14H15N3O2. The average molecular weight is 257 g/mol. The number of carbonyl (C=O) groups excluding carboxylic acids is 1. The van der Waals surface area contributed by atoms with Crippen molar-refractivity contribution in [2.24, 2.45) is 0 Å². The van der Waals surface area contributed by atoms with Crippen molar-refractivity contribution in [2.75, 3.05) is 13.1 Å². The molecule has 3 rings (SSSR count). The van der Waals surface area contributed by atoms with Gasteiger partial charge in [-0.3, -0.25) is 9.78 Å².